The zero-order chi connectivity index (χ0) is 13.9. The van der Waals surface area contributed by atoms with Crippen molar-refractivity contribution in [2.75, 3.05) is 6.54 Å². The standard InChI is InChI=1S/C18H22N2/c1-13-7-9-15(10-8-13)17(19)12-20-18-11-16(18)14-5-3-2-4-6-14/h2-10,16-18,20H,11-12,19H2,1H3. The van der Waals surface area contributed by atoms with Gasteiger partial charge in [0.05, 0.1) is 0 Å². The summed E-state index contributed by atoms with van der Waals surface area (Å²) in [6, 6.07) is 19.9. The molecule has 0 heterocycles. The number of aryl methyl sites for hydroxylation is 1. The molecule has 3 rings (SSSR count). The molecule has 2 heteroatoms. The van der Waals surface area contributed by atoms with Gasteiger partial charge in [0.25, 0.3) is 0 Å². The van der Waals surface area contributed by atoms with Gasteiger partial charge in [-0.05, 0) is 24.5 Å². The van der Waals surface area contributed by atoms with Crippen LogP contribution in [0.1, 0.15) is 35.1 Å². The molecule has 0 bridgehead atoms. The minimum absolute atomic E-state index is 0.0765. The predicted octanol–water partition coefficient (Wildman–Crippen LogP) is 3.14. The van der Waals surface area contributed by atoms with E-state index in [1.54, 1.807) is 0 Å². The molecule has 2 aromatic carbocycles. The molecular weight excluding hydrogens is 244 g/mol. The summed E-state index contributed by atoms with van der Waals surface area (Å²) in [6.07, 6.45) is 1.23. The lowest BCUT2D eigenvalue weighted by molar-refractivity contribution is 0.588. The molecule has 3 atom stereocenters. The van der Waals surface area contributed by atoms with Crippen LogP contribution in [-0.4, -0.2) is 12.6 Å². The molecule has 1 aliphatic rings. The third-order valence-electron chi connectivity index (χ3n) is 4.12. The molecular formula is C18H22N2. The smallest absolute Gasteiger partial charge is 0.0421 e. The summed E-state index contributed by atoms with van der Waals surface area (Å²) >= 11 is 0. The number of rotatable bonds is 5. The molecule has 3 N–H and O–H groups in total. The van der Waals surface area contributed by atoms with Crippen LogP contribution in [0.3, 0.4) is 0 Å². The number of hydrogen-bond acceptors (Lipinski definition) is 2. The molecule has 3 unspecified atom stereocenters. The minimum Gasteiger partial charge on any atom is -0.323 e. The molecule has 1 aliphatic carbocycles. The average Bonchev–Trinajstić information content (AvgIpc) is 3.26. The maximum atomic E-state index is 6.24. The van der Waals surface area contributed by atoms with Gasteiger partial charge in [-0.1, -0.05) is 60.2 Å². The second-order valence-electron chi connectivity index (χ2n) is 5.78. The zero-order valence-electron chi connectivity index (χ0n) is 11.9. The van der Waals surface area contributed by atoms with Gasteiger partial charge in [0.1, 0.15) is 0 Å². The van der Waals surface area contributed by atoms with Crippen LogP contribution in [0.25, 0.3) is 0 Å². The number of nitrogens with two attached hydrogens (primary N) is 1. The van der Waals surface area contributed by atoms with E-state index in [1.165, 1.54) is 23.1 Å². The highest BCUT2D eigenvalue weighted by Crippen LogP contribution is 2.40. The molecule has 2 nitrogen and oxygen atoms in total. The van der Waals surface area contributed by atoms with Crippen LogP contribution in [0.2, 0.25) is 0 Å². The number of nitrogens with one attached hydrogen (secondary N) is 1. The summed E-state index contributed by atoms with van der Waals surface area (Å²) in [5.74, 6) is 0.668. The van der Waals surface area contributed by atoms with Crippen LogP contribution in [0.5, 0.6) is 0 Å². The average molecular weight is 266 g/mol. The van der Waals surface area contributed by atoms with Crippen molar-refractivity contribution in [3.8, 4) is 0 Å². The van der Waals surface area contributed by atoms with E-state index in [0.29, 0.717) is 12.0 Å². The Labute approximate surface area is 121 Å². The van der Waals surface area contributed by atoms with E-state index < -0.39 is 0 Å². The highest BCUT2D eigenvalue weighted by Gasteiger charge is 2.37. The summed E-state index contributed by atoms with van der Waals surface area (Å²) in [5, 5.41) is 3.59. The van der Waals surface area contributed by atoms with E-state index in [2.05, 4.69) is 66.8 Å². The number of hydrogen-bond donors (Lipinski definition) is 2. The van der Waals surface area contributed by atoms with Crippen molar-refractivity contribution in [2.45, 2.75) is 31.3 Å². The summed E-state index contributed by atoms with van der Waals surface area (Å²) < 4.78 is 0. The van der Waals surface area contributed by atoms with E-state index >= 15 is 0 Å². The van der Waals surface area contributed by atoms with Gasteiger partial charge < -0.3 is 11.1 Å². The fourth-order valence-electron chi connectivity index (χ4n) is 2.70. The maximum absolute atomic E-state index is 6.24. The Hall–Kier alpha value is -1.64. The van der Waals surface area contributed by atoms with Gasteiger partial charge >= 0.3 is 0 Å². The topological polar surface area (TPSA) is 38.0 Å². The molecule has 2 aromatic rings. The summed E-state index contributed by atoms with van der Waals surface area (Å²) in [4.78, 5) is 0. The molecule has 1 fully saturated rings. The van der Waals surface area contributed by atoms with Crippen LogP contribution < -0.4 is 11.1 Å². The Morgan fingerprint density at radius 3 is 2.50 bits per heavy atom. The predicted molar refractivity (Wildman–Crippen MR) is 83.7 cm³/mol. The van der Waals surface area contributed by atoms with Gasteiger partial charge in [-0.2, -0.15) is 0 Å². The Kier molecular flexibility index (Phi) is 3.86. The molecule has 104 valence electrons. The van der Waals surface area contributed by atoms with Crippen LogP contribution >= 0.6 is 0 Å². The fourth-order valence-corrected chi connectivity index (χ4v) is 2.70. The van der Waals surface area contributed by atoms with Crippen LogP contribution in [0.4, 0.5) is 0 Å². The van der Waals surface area contributed by atoms with E-state index in [0.717, 1.165) is 6.54 Å². The van der Waals surface area contributed by atoms with Gasteiger partial charge in [-0.25, -0.2) is 0 Å². The third kappa shape index (κ3) is 3.09. The van der Waals surface area contributed by atoms with Crippen molar-refractivity contribution in [3.63, 3.8) is 0 Å². The first kappa shape index (κ1) is 13.3. The Bertz CT molecular complexity index is 547. The second-order valence-corrected chi connectivity index (χ2v) is 5.78. The SMILES string of the molecule is Cc1ccc(C(N)CNC2CC2c2ccccc2)cc1. The highest BCUT2D eigenvalue weighted by atomic mass is 15.0. The quantitative estimate of drug-likeness (QED) is 0.872. The molecule has 0 saturated heterocycles. The minimum atomic E-state index is 0.0765. The first-order valence-electron chi connectivity index (χ1n) is 7.34. The summed E-state index contributed by atoms with van der Waals surface area (Å²) in [5.41, 5.74) is 10.2. The Morgan fingerprint density at radius 2 is 1.80 bits per heavy atom. The lowest BCUT2D eigenvalue weighted by Crippen LogP contribution is -2.29. The third-order valence-corrected chi connectivity index (χ3v) is 4.12. The second kappa shape index (κ2) is 5.78. The van der Waals surface area contributed by atoms with E-state index in [4.69, 9.17) is 5.73 Å². The van der Waals surface area contributed by atoms with Crippen molar-refractivity contribution in [1.82, 2.24) is 5.32 Å². The Balaban J connectivity index is 1.50. The number of benzene rings is 2. The normalized spacial score (nSPS) is 22.5. The molecule has 20 heavy (non-hydrogen) atoms. The van der Waals surface area contributed by atoms with Crippen molar-refractivity contribution >= 4 is 0 Å². The summed E-state index contributed by atoms with van der Waals surface area (Å²) in [7, 11) is 0. The Morgan fingerprint density at radius 1 is 1.10 bits per heavy atom. The van der Waals surface area contributed by atoms with Crippen molar-refractivity contribution in [1.29, 1.82) is 0 Å². The van der Waals surface area contributed by atoms with Gasteiger partial charge in [0, 0.05) is 24.5 Å². The fraction of sp³-hybridized carbons (Fsp3) is 0.333. The van der Waals surface area contributed by atoms with E-state index in [1.807, 2.05) is 0 Å². The lowest BCUT2D eigenvalue weighted by Gasteiger charge is -2.13. The molecule has 0 aromatic heterocycles. The van der Waals surface area contributed by atoms with Gasteiger partial charge in [-0.15, -0.1) is 0 Å². The first-order chi connectivity index (χ1) is 9.74. The molecule has 0 aliphatic heterocycles. The van der Waals surface area contributed by atoms with Gasteiger partial charge in [-0.3, -0.25) is 0 Å². The lowest BCUT2D eigenvalue weighted by atomic mass is 10.1. The highest BCUT2D eigenvalue weighted by molar-refractivity contribution is 5.28. The molecule has 0 radical (unpaired) electrons. The van der Waals surface area contributed by atoms with Crippen molar-refractivity contribution < 1.29 is 0 Å². The van der Waals surface area contributed by atoms with Crippen LogP contribution in [0.15, 0.2) is 54.6 Å². The van der Waals surface area contributed by atoms with Gasteiger partial charge in [0.2, 0.25) is 0 Å². The monoisotopic (exact) mass is 266 g/mol. The molecule has 0 spiro atoms. The van der Waals surface area contributed by atoms with Crippen molar-refractivity contribution in [2.24, 2.45) is 5.73 Å². The van der Waals surface area contributed by atoms with Crippen LogP contribution in [0, 0.1) is 6.92 Å². The van der Waals surface area contributed by atoms with E-state index in [-0.39, 0.29) is 6.04 Å². The zero-order valence-corrected chi connectivity index (χ0v) is 11.9. The molecule has 1 saturated carbocycles. The summed E-state index contributed by atoms with van der Waals surface area (Å²) in [6.45, 7) is 2.94. The van der Waals surface area contributed by atoms with Gasteiger partial charge in [0.15, 0.2) is 0 Å². The van der Waals surface area contributed by atoms with Crippen molar-refractivity contribution in [3.05, 3.63) is 71.3 Å². The maximum Gasteiger partial charge on any atom is 0.0421 e. The first-order valence-corrected chi connectivity index (χ1v) is 7.34. The largest absolute Gasteiger partial charge is 0.323 e. The van der Waals surface area contributed by atoms with Crippen LogP contribution in [-0.2, 0) is 0 Å². The van der Waals surface area contributed by atoms with E-state index in [9.17, 15) is 0 Å². The molecule has 0 amide bonds.